The molecule has 144 valence electrons. The SMILES string of the molecule is C=C(CCCCCCCCCC)OC(CS(=O)(=O)[O-])CS(=O)(=O)[O-].[Na+].[Na+]. The molecule has 0 rings (SSSR count). The van der Waals surface area contributed by atoms with Gasteiger partial charge in [-0.25, -0.2) is 16.8 Å². The summed E-state index contributed by atoms with van der Waals surface area (Å²) >= 11 is 0. The van der Waals surface area contributed by atoms with E-state index in [0.29, 0.717) is 6.42 Å². The van der Waals surface area contributed by atoms with Crippen molar-refractivity contribution in [3.8, 4) is 0 Å². The first kappa shape index (κ1) is 32.0. The van der Waals surface area contributed by atoms with Gasteiger partial charge >= 0.3 is 59.1 Å². The van der Waals surface area contributed by atoms with Gasteiger partial charge in [0.05, 0.1) is 37.5 Å². The normalized spacial score (nSPS) is 11.5. The maximum absolute atomic E-state index is 10.8. The molecule has 0 aliphatic heterocycles. The van der Waals surface area contributed by atoms with Crippen LogP contribution in [0, 0.1) is 0 Å². The summed E-state index contributed by atoms with van der Waals surface area (Å²) in [7, 11) is -9.40. The van der Waals surface area contributed by atoms with E-state index in [0.717, 1.165) is 25.7 Å². The molecule has 7 nitrogen and oxygen atoms in total. The number of allylic oxidation sites excluding steroid dienone is 1. The molecule has 0 aliphatic carbocycles. The molecule has 0 aromatic rings. The van der Waals surface area contributed by atoms with Crippen LogP contribution in [0.4, 0.5) is 0 Å². The van der Waals surface area contributed by atoms with Crippen LogP contribution in [0.1, 0.15) is 64.7 Å². The van der Waals surface area contributed by atoms with Crippen molar-refractivity contribution in [3.05, 3.63) is 12.3 Å². The molecular weight excluding hydrogens is 402 g/mol. The third-order valence-electron chi connectivity index (χ3n) is 3.42. The van der Waals surface area contributed by atoms with Crippen LogP contribution < -0.4 is 59.1 Å². The number of hydrogen-bond acceptors (Lipinski definition) is 7. The summed E-state index contributed by atoms with van der Waals surface area (Å²) < 4.78 is 69.6. The predicted octanol–water partition coefficient (Wildman–Crippen LogP) is -3.49. The van der Waals surface area contributed by atoms with E-state index in [4.69, 9.17) is 4.74 Å². The standard InChI is InChI=1S/C15H30O7S2.2Na/c1-3-4-5-6-7-8-9-10-11-14(2)22-15(12-23(16,17)18)13-24(19,20)21;;/h15H,2-13H2,1H3,(H,16,17,18)(H,19,20,21);;/q;2*+1/p-2. The van der Waals surface area contributed by atoms with Crippen molar-refractivity contribution < 1.29 is 89.8 Å². The summed E-state index contributed by atoms with van der Waals surface area (Å²) in [5.41, 5.74) is 0. The zero-order valence-corrected chi connectivity index (χ0v) is 21.9. The monoisotopic (exact) mass is 430 g/mol. The Morgan fingerprint density at radius 2 is 1.23 bits per heavy atom. The van der Waals surface area contributed by atoms with Gasteiger partial charge in [-0.05, 0) is 6.42 Å². The number of hydrogen-bond donors (Lipinski definition) is 0. The van der Waals surface area contributed by atoms with Crippen LogP contribution in [0.5, 0.6) is 0 Å². The quantitative estimate of drug-likeness (QED) is 0.114. The molecule has 0 atom stereocenters. The minimum atomic E-state index is -4.70. The van der Waals surface area contributed by atoms with E-state index in [9.17, 15) is 25.9 Å². The Morgan fingerprint density at radius 1 is 0.846 bits per heavy atom. The number of ether oxygens (including phenoxy) is 1. The van der Waals surface area contributed by atoms with Gasteiger partial charge in [-0.3, -0.25) is 0 Å². The maximum Gasteiger partial charge on any atom is 1.00 e. The Kier molecular flexibility index (Phi) is 21.2. The first-order chi connectivity index (χ1) is 11.0. The molecule has 0 saturated carbocycles. The summed E-state index contributed by atoms with van der Waals surface area (Å²) in [6.45, 7) is 5.76. The van der Waals surface area contributed by atoms with Gasteiger partial charge in [0.15, 0.2) is 0 Å². The molecular formula is C15H28Na2O7S2. The van der Waals surface area contributed by atoms with Gasteiger partial charge in [0.2, 0.25) is 0 Å². The van der Waals surface area contributed by atoms with Gasteiger partial charge in [0.1, 0.15) is 6.10 Å². The minimum Gasteiger partial charge on any atom is -0.748 e. The molecule has 0 unspecified atom stereocenters. The fourth-order valence-corrected chi connectivity index (χ4v) is 3.75. The van der Waals surface area contributed by atoms with Gasteiger partial charge in [-0.2, -0.15) is 0 Å². The third-order valence-corrected chi connectivity index (χ3v) is 4.98. The topological polar surface area (TPSA) is 124 Å². The average Bonchev–Trinajstić information content (AvgIpc) is 2.37. The van der Waals surface area contributed by atoms with Gasteiger partial charge in [0.25, 0.3) is 0 Å². The summed E-state index contributed by atoms with van der Waals surface area (Å²) in [6, 6.07) is 0. The molecule has 26 heavy (non-hydrogen) atoms. The zero-order valence-electron chi connectivity index (χ0n) is 16.2. The number of unbranched alkanes of at least 4 members (excludes halogenated alkanes) is 7. The third kappa shape index (κ3) is 23.4. The van der Waals surface area contributed by atoms with Crippen molar-refractivity contribution in [2.75, 3.05) is 11.5 Å². The molecule has 0 amide bonds. The summed E-state index contributed by atoms with van der Waals surface area (Å²) in [6.07, 6.45) is 7.78. The Morgan fingerprint density at radius 3 is 1.62 bits per heavy atom. The molecule has 0 aliphatic rings. The second-order valence-electron chi connectivity index (χ2n) is 5.95. The summed E-state index contributed by atoms with van der Waals surface area (Å²) in [5.74, 6) is -1.94. The van der Waals surface area contributed by atoms with Crippen molar-refractivity contribution in [1.82, 2.24) is 0 Å². The van der Waals surface area contributed by atoms with Crippen LogP contribution in [0.25, 0.3) is 0 Å². The van der Waals surface area contributed by atoms with Crippen LogP contribution >= 0.6 is 0 Å². The minimum absolute atomic E-state index is 0. The maximum atomic E-state index is 10.8. The van der Waals surface area contributed by atoms with Gasteiger partial charge in [0, 0.05) is 6.42 Å². The van der Waals surface area contributed by atoms with Crippen LogP contribution in [-0.2, 0) is 25.0 Å². The fourth-order valence-electron chi connectivity index (χ4n) is 2.32. The largest absolute Gasteiger partial charge is 1.00 e. The Bertz CT molecular complexity index is 529. The van der Waals surface area contributed by atoms with Gasteiger partial charge < -0.3 is 13.8 Å². The van der Waals surface area contributed by atoms with Crippen molar-refractivity contribution >= 4 is 20.2 Å². The number of rotatable bonds is 15. The van der Waals surface area contributed by atoms with E-state index < -0.39 is 37.8 Å². The van der Waals surface area contributed by atoms with E-state index in [2.05, 4.69) is 13.5 Å². The molecule has 0 radical (unpaired) electrons. The van der Waals surface area contributed by atoms with Crippen LogP contribution in [0.3, 0.4) is 0 Å². The van der Waals surface area contributed by atoms with E-state index >= 15 is 0 Å². The molecule has 0 aromatic heterocycles. The second-order valence-corrected chi connectivity index (χ2v) is 8.85. The molecule has 0 aromatic carbocycles. The molecule has 0 bridgehead atoms. The Hall–Kier alpha value is 1.36. The first-order valence-electron chi connectivity index (χ1n) is 8.25. The predicted molar refractivity (Wildman–Crippen MR) is 90.4 cm³/mol. The molecule has 0 N–H and O–H groups in total. The summed E-state index contributed by atoms with van der Waals surface area (Å²) in [5, 5.41) is 0. The van der Waals surface area contributed by atoms with Crippen molar-refractivity contribution in [3.63, 3.8) is 0 Å². The first-order valence-corrected chi connectivity index (χ1v) is 11.4. The van der Waals surface area contributed by atoms with Gasteiger partial charge in [-0.1, -0.05) is 58.4 Å². The zero-order chi connectivity index (χ0) is 18.6. The Labute approximate surface area is 202 Å². The van der Waals surface area contributed by atoms with Crippen molar-refractivity contribution in [2.24, 2.45) is 0 Å². The molecule has 0 spiro atoms. The Balaban J connectivity index is -0.00000264. The second kappa shape index (κ2) is 17.2. The molecule has 11 heteroatoms. The van der Waals surface area contributed by atoms with Crippen LogP contribution in [0.15, 0.2) is 12.3 Å². The molecule has 0 saturated heterocycles. The van der Waals surface area contributed by atoms with E-state index in [-0.39, 0.29) is 64.9 Å². The van der Waals surface area contributed by atoms with E-state index in [1.165, 1.54) is 25.7 Å². The average molecular weight is 430 g/mol. The van der Waals surface area contributed by atoms with Crippen LogP contribution in [0.2, 0.25) is 0 Å². The summed E-state index contributed by atoms with van der Waals surface area (Å²) in [4.78, 5) is 0. The smallest absolute Gasteiger partial charge is 0.748 e. The van der Waals surface area contributed by atoms with Crippen molar-refractivity contribution in [2.45, 2.75) is 70.8 Å². The van der Waals surface area contributed by atoms with E-state index in [1.807, 2.05) is 0 Å². The fraction of sp³-hybridized carbons (Fsp3) is 0.867. The van der Waals surface area contributed by atoms with E-state index in [1.54, 1.807) is 0 Å². The van der Waals surface area contributed by atoms with Crippen molar-refractivity contribution in [1.29, 1.82) is 0 Å². The van der Waals surface area contributed by atoms with Crippen LogP contribution in [-0.4, -0.2) is 43.6 Å². The molecule has 0 fully saturated rings. The molecule has 0 heterocycles. The van der Waals surface area contributed by atoms with Gasteiger partial charge in [-0.15, -0.1) is 0 Å².